The highest BCUT2D eigenvalue weighted by molar-refractivity contribution is 5.80. The van der Waals surface area contributed by atoms with E-state index in [2.05, 4.69) is 11.8 Å². The van der Waals surface area contributed by atoms with Crippen molar-refractivity contribution in [3.8, 4) is 5.75 Å². The van der Waals surface area contributed by atoms with Gasteiger partial charge < -0.3 is 9.64 Å². The van der Waals surface area contributed by atoms with Gasteiger partial charge in [-0.3, -0.25) is 9.69 Å². The van der Waals surface area contributed by atoms with Crippen LogP contribution in [0.15, 0.2) is 18.2 Å². The fourth-order valence-corrected chi connectivity index (χ4v) is 4.57. The highest BCUT2D eigenvalue weighted by Crippen LogP contribution is 2.47. The van der Waals surface area contributed by atoms with Gasteiger partial charge in [-0.25, -0.2) is 4.39 Å². The number of likely N-dealkylation sites (tertiary alicyclic amines) is 2. The molecule has 0 saturated carbocycles. The van der Waals surface area contributed by atoms with Crippen molar-refractivity contribution in [1.82, 2.24) is 9.80 Å². The lowest BCUT2D eigenvalue weighted by molar-refractivity contribution is -0.138. The SMILES string of the molecule is CC1CCN(C(=O)[C@@H]2CN(C)[C@H]3c4cc(F)ccc4OC[C@@H]23)CC1. The van der Waals surface area contributed by atoms with Crippen LogP contribution in [0, 0.1) is 23.6 Å². The van der Waals surface area contributed by atoms with E-state index in [1.165, 1.54) is 6.07 Å². The Hall–Kier alpha value is -1.62. The second-order valence-corrected chi connectivity index (χ2v) is 7.66. The molecule has 0 radical (unpaired) electrons. The van der Waals surface area contributed by atoms with E-state index in [-0.39, 0.29) is 29.6 Å². The second-order valence-electron chi connectivity index (χ2n) is 7.66. The van der Waals surface area contributed by atoms with Gasteiger partial charge in [0.25, 0.3) is 0 Å². The van der Waals surface area contributed by atoms with Crippen molar-refractivity contribution in [3.63, 3.8) is 0 Å². The molecule has 0 spiro atoms. The summed E-state index contributed by atoms with van der Waals surface area (Å²) in [4.78, 5) is 17.3. The summed E-state index contributed by atoms with van der Waals surface area (Å²) in [5.74, 6) is 1.53. The van der Waals surface area contributed by atoms with Crippen molar-refractivity contribution < 1.29 is 13.9 Å². The molecule has 3 aliphatic heterocycles. The number of carbonyl (C=O) groups excluding carboxylic acids is 1. The molecule has 1 aromatic rings. The molecule has 1 aromatic carbocycles. The maximum atomic E-state index is 13.7. The minimum Gasteiger partial charge on any atom is -0.493 e. The molecule has 2 saturated heterocycles. The Morgan fingerprint density at radius 3 is 2.79 bits per heavy atom. The lowest BCUT2D eigenvalue weighted by Gasteiger charge is -2.35. The van der Waals surface area contributed by atoms with Crippen LogP contribution in [0.2, 0.25) is 0 Å². The van der Waals surface area contributed by atoms with Gasteiger partial charge in [-0.1, -0.05) is 6.92 Å². The number of amides is 1. The van der Waals surface area contributed by atoms with Crippen molar-refractivity contribution in [2.75, 3.05) is 33.3 Å². The normalized spacial score (nSPS) is 30.6. The number of fused-ring (bicyclic) bond motifs is 3. The molecular weight excluding hydrogens is 307 g/mol. The van der Waals surface area contributed by atoms with Gasteiger partial charge >= 0.3 is 0 Å². The van der Waals surface area contributed by atoms with E-state index in [0.717, 1.165) is 43.8 Å². The molecule has 4 rings (SSSR count). The average molecular weight is 332 g/mol. The zero-order valence-corrected chi connectivity index (χ0v) is 14.4. The third kappa shape index (κ3) is 2.59. The Labute approximate surface area is 142 Å². The number of halogens is 1. The van der Waals surface area contributed by atoms with Gasteiger partial charge in [0, 0.05) is 37.2 Å². The zero-order valence-electron chi connectivity index (χ0n) is 14.4. The van der Waals surface area contributed by atoms with Gasteiger partial charge in [0.1, 0.15) is 11.6 Å². The first-order valence-corrected chi connectivity index (χ1v) is 8.96. The Balaban J connectivity index is 1.57. The molecule has 5 heteroatoms. The maximum absolute atomic E-state index is 13.7. The van der Waals surface area contributed by atoms with E-state index >= 15 is 0 Å². The first kappa shape index (κ1) is 15.9. The van der Waals surface area contributed by atoms with Crippen LogP contribution in [0.5, 0.6) is 5.75 Å². The molecule has 0 N–H and O–H groups in total. The number of ether oxygens (including phenoxy) is 1. The first-order chi connectivity index (χ1) is 11.5. The minimum atomic E-state index is -0.244. The van der Waals surface area contributed by atoms with E-state index in [4.69, 9.17) is 4.74 Å². The molecule has 24 heavy (non-hydrogen) atoms. The molecule has 4 nitrogen and oxygen atoms in total. The topological polar surface area (TPSA) is 32.8 Å². The number of hydrogen-bond donors (Lipinski definition) is 0. The Morgan fingerprint density at radius 2 is 2.04 bits per heavy atom. The van der Waals surface area contributed by atoms with Crippen LogP contribution < -0.4 is 4.74 Å². The summed E-state index contributed by atoms with van der Waals surface area (Å²) in [5.41, 5.74) is 0.885. The molecule has 0 aliphatic carbocycles. The molecular formula is C19H25FN2O2. The van der Waals surface area contributed by atoms with Crippen molar-refractivity contribution >= 4 is 5.91 Å². The number of rotatable bonds is 1. The Bertz CT molecular complexity index is 642. The molecule has 0 unspecified atom stereocenters. The zero-order chi connectivity index (χ0) is 16.8. The predicted molar refractivity (Wildman–Crippen MR) is 89.2 cm³/mol. The van der Waals surface area contributed by atoms with E-state index in [1.54, 1.807) is 12.1 Å². The standard InChI is InChI=1S/C19H25FN2O2/c1-12-5-7-22(8-6-12)19(23)15-10-21(2)18-14-9-13(20)3-4-17(14)24-11-16(15)18/h3-4,9,12,15-16,18H,5-8,10-11H2,1-2H3/t15-,16+,18+/m1/s1. The number of nitrogens with zero attached hydrogens (tertiary/aromatic N) is 2. The van der Waals surface area contributed by atoms with Crippen LogP contribution in [0.3, 0.4) is 0 Å². The van der Waals surface area contributed by atoms with Crippen LogP contribution in [0.1, 0.15) is 31.4 Å². The molecule has 2 fully saturated rings. The quantitative estimate of drug-likeness (QED) is 0.793. The predicted octanol–water partition coefficient (Wildman–Crippen LogP) is 2.70. The van der Waals surface area contributed by atoms with Gasteiger partial charge in [-0.2, -0.15) is 0 Å². The lowest BCUT2D eigenvalue weighted by Crippen LogP contribution is -2.44. The fraction of sp³-hybridized carbons (Fsp3) is 0.632. The molecule has 0 aromatic heterocycles. The van der Waals surface area contributed by atoms with E-state index in [9.17, 15) is 9.18 Å². The van der Waals surface area contributed by atoms with Crippen LogP contribution in [-0.2, 0) is 4.79 Å². The highest BCUT2D eigenvalue weighted by atomic mass is 19.1. The summed E-state index contributed by atoms with van der Waals surface area (Å²) < 4.78 is 19.6. The molecule has 130 valence electrons. The number of piperidine rings is 1. The van der Waals surface area contributed by atoms with E-state index in [0.29, 0.717) is 12.5 Å². The summed E-state index contributed by atoms with van der Waals surface area (Å²) >= 11 is 0. The van der Waals surface area contributed by atoms with Crippen molar-refractivity contribution in [3.05, 3.63) is 29.6 Å². The second kappa shape index (κ2) is 6.03. The van der Waals surface area contributed by atoms with Gasteiger partial charge in [-0.15, -0.1) is 0 Å². The monoisotopic (exact) mass is 332 g/mol. The lowest BCUT2D eigenvalue weighted by atomic mass is 9.84. The van der Waals surface area contributed by atoms with Gasteiger partial charge in [-0.05, 0) is 44.0 Å². The third-order valence-electron chi connectivity index (χ3n) is 6.02. The van der Waals surface area contributed by atoms with Gasteiger partial charge in [0.2, 0.25) is 5.91 Å². The summed E-state index contributed by atoms with van der Waals surface area (Å²) in [5, 5.41) is 0. The molecule has 3 heterocycles. The van der Waals surface area contributed by atoms with Crippen LogP contribution in [-0.4, -0.2) is 49.0 Å². The molecule has 3 aliphatic rings. The third-order valence-corrected chi connectivity index (χ3v) is 6.02. The Morgan fingerprint density at radius 1 is 1.29 bits per heavy atom. The number of benzene rings is 1. The van der Waals surface area contributed by atoms with Gasteiger partial charge in [0.15, 0.2) is 0 Å². The largest absolute Gasteiger partial charge is 0.493 e. The fourth-order valence-electron chi connectivity index (χ4n) is 4.57. The highest BCUT2D eigenvalue weighted by Gasteiger charge is 2.48. The molecule has 0 bridgehead atoms. The van der Waals surface area contributed by atoms with Crippen molar-refractivity contribution in [1.29, 1.82) is 0 Å². The summed E-state index contributed by atoms with van der Waals surface area (Å²) in [6, 6.07) is 4.78. The van der Waals surface area contributed by atoms with Crippen LogP contribution >= 0.6 is 0 Å². The molecule has 3 atom stereocenters. The number of carbonyl (C=O) groups is 1. The van der Waals surface area contributed by atoms with Crippen LogP contribution in [0.25, 0.3) is 0 Å². The Kier molecular flexibility index (Phi) is 3.99. The summed E-state index contributed by atoms with van der Waals surface area (Å²) in [6.07, 6.45) is 2.18. The summed E-state index contributed by atoms with van der Waals surface area (Å²) in [7, 11) is 2.03. The number of hydrogen-bond acceptors (Lipinski definition) is 3. The van der Waals surface area contributed by atoms with Crippen molar-refractivity contribution in [2.45, 2.75) is 25.8 Å². The van der Waals surface area contributed by atoms with Crippen LogP contribution in [0.4, 0.5) is 4.39 Å². The maximum Gasteiger partial charge on any atom is 0.227 e. The van der Waals surface area contributed by atoms with E-state index < -0.39 is 0 Å². The van der Waals surface area contributed by atoms with Gasteiger partial charge in [0.05, 0.1) is 12.5 Å². The first-order valence-electron chi connectivity index (χ1n) is 8.96. The smallest absolute Gasteiger partial charge is 0.227 e. The molecule has 1 amide bonds. The van der Waals surface area contributed by atoms with E-state index in [1.807, 2.05) is 11.9 Å². The van der Waals surface area contributed by atoms with Crippen molar-refractivity contribution in [2.24, 2.45) is 17.8 Å². The minimum absolute atomic E-state index is 0.0511. The summed E-state index contributed by atoms with van der Waals surface area (Å²) in [6.45, 7) is 5.24. The average Bonchev–Trinajstić information content (AvgIpc) is 2.92.